The Morgan fingerprint density at radius 2 is 1.96 bits per heavy atom. The minimum atomic E-state index is -4.52. The average Bonchev–Trinajstić information content (AvgIpc) is 2.78. The number of halogens is 3. The van der Waals surface area contributed by atoms with Crippen LogP contribution in [-0.4, -0.2) is 37.0 Å². The maximum atomic E-state index is 13.0. The second-order valence-electron chi connectivity index (χ2n) is 6.32. The smallest absolute Gasteiger partial charge is 0.350 e. The SMILES string of the molecule is O=C1C[C@@H]2CC[C@H](CN1)[NH+]2CC(=O)Nc1ccccc1C(F)(F)F. The van der Waals surface area contributed by atoms with Gasteiger partial charge in [0.1, 0.15) is 6.04 Å². The van der Waals surface area contributed by atoms with Crippen LogP contribution in [0.2, 0.25) is 0 Å². The molecule has 1 aromatic carbocycles. The molecule has 130 valence electrons. The number of anilines is 1. The first-order chi connectivity index (χ1) is 11.3. The van der Waals surface area contributed by atoms with Gasteiger partial charge in [-0.1, -0.05) is 12.1 Å². The summed E-state index contributed by atoms with van der Waals surface area (Å²) in [6, 6.07) is 5.14. The van der Waals surface area contributed by atoms with E-state index in [1.807, 2.05) is 0 Å². The first-order valence-corrected chi connectivity index (χ1v) is 7.93. The molecule has 3 atom stereocenters. The molecule has 24 heavy (non-hydrogen) atoms. The first-order valence-electron chi connectivity index (χ1n) is 7.93. The molecule has 0 spiro atoms. The molecule has 2 aliphatic heterocycles. The van der Waals surface area contributed by atoms with Crippen LogP contribution in [0.25, 0.3) is 0 Å². The Bertz CT molecular complexity index is 648. The number of nitrogens with one attached hydrogen (secondary N) is 3. The zero-order valence-electron chi connectivity index (χ0n) is 13.0. The Balaban J connectivity index is 1.70. The highest BCUT2D eigenvalue weighted by Gasteiger charge is 2.42. The predicted molar refractivity (Wildman–Crippen MR) is 80.3 cm³/mol. The molecule has 5 nitrogen and oxygen atoms in total. The number of carbonyl (C=O) groups is 2. The molecular formula is C16H19F3N3O2+. The molecule has 1 aromatic rings. The lowest BCUT2D eigenvalue weighted by molar-refractivity contribution is -0.925. The van der Waals surface area contributed by atoms with E-state index in [9.17, 15) is 22.8 Å². The second kappa shape index (κ2) is 6.43. The van der Waals surface area contributed by atoms with E-state index in [2.05, 4.69) is 10.6 Å². The van der Waals surface area contributed by atoms with Gasteiger partial charge in [-0.25, -0.2) is 0 Å². The third kappa shape index (κ3) is 3.53. The summed E-state index contributed by atoms with van der Waals surface area (Å²) in [7, 11) is 0. The molecule has 2 bridgehead atoms. The van der Waals surface area contributed by atoms with Gasteiger partial charge < -0.3 is 15.5 Å². The number of quaternary nitrogens is 1. The summed E-state index contributed by atoms with van der Waals surface area (Å²) >= 11 is 0. The molecule has 2 heterocycles. The zero-order chi connectivity index (χ0) is 17.3. The monoisotopic (exact) mass is 342 g/mol. The van der Waals surface area contributed by atoms with Crippen molar-refractivity contribution in [3.8, 4) is 0 Å². The van der Waals surface area contributed by atoms with Crippen LogP contribution in [-0.2, 0) is 15.8 Å². The van der Waals surface area contributed by atoms with Crippen molar-refractivity contribution in [1.82, 2.24) is 5.32 Å². The van der Waals surface area contributed by atoms with E-state index in [1.54, 1.807) is 0 Å². The highest BCUT2D eigenvalue weighted by molar-refractivity contribution is 5.92. The van der Waals surface area contributed by atoms with E-state index >= 15 is 0 Å². The number of para-hydroxylation sites is 1. The fourth-order valence-corrected chi connectivity index (χ4v) is 3.61. The van der Waals surface area contributed by atoms with Gasteiger partial charge in [0.15, 0.2) is 6.54 Å². The molecule has 2 aliphatic rings. The fraction of sp³-hybridized carbons (Fsp3) is 0.500. The van der Waals surface area contributed by atoms with Crippen molar-refractivity contribution in [2.75, 3.05) is 18.4 Å². The molecule has 0 aliphatic carbocycles. The number of hydrogen-bond acceptors (Lipinski definition) is 2. The summed E-state index contributed by atoms with van der Waals surface area (Å²) in [5.74, 6) is -0.490. The number of carbonyl (C=O) groups excluding carboxylic acids is 2. The lowest BCUT2D eigenvalue weighted by atomic mass is 10.1. The number of fused-ring (bicyclic) bond motifs is 2. The average molecular weight is 342 g/mol. The van der Waals surface area contributed by atoms with Gasteiger partial charge in [0.05, 0.1) is 30.3 Å². The Hall–Kier alpha value is -2.09. The van der Waals surface area contributed by atoms with Crippen LogP contribution in [0.1, 0.15) is 24.8 Å². The van der Waals surface area contributed by atoms with Gasteiger partial charge in [-0.3, -0.25) is 9.59 Å². The maximum Gasteiger partial charge on any atom is 0.418 e. The van der Waals surface area contributed by atoms with Gasteiger partial charge in [0.25, 0.3) is 5.91 Å². The summed E-state index contributed by atoms with van der Waals surface area (Å²) in [4.78, 5) is 24.8. The van der Waals surface area contributed by atoms with Crippen LogP contribution in [0.3, 0.4) is 0 Å². The van der Waals surface area contributed by atoms with Crippen molar-refractivity contribution in [1.29, 1.82) is 0 Å². The van der Waals surface area contributed by atoms with Crippen molar-refractivity contribution in [3.05, 3.63) is 29.8 Å². The van der Waals surface area contributed by atoms with Crippen LogP contribution in [0, 0.1) is 0 Å². The maximum absolute atomic E-state index is 13.0. The molecule has 3 rings (SSSR count). The van der Waals surface area contributed by atoms with E-state index < -0.39 is 17.6 Å². The van der Waals surface area contributed by atoms with Crippen molar-refractivity contribution in [2.45, 2.75) is 37.5 Å². The number of amides is 2. The Morgan fingerprint density at radius 3 is 2.71 bits per heavy atom. The third-order valence-corrected chi connectivity index (χ3v) is 4.76. The highest BCUT2D eigenvalue weighted by atomic mass is 19.4. The van der Waals surface area contributed by atoms with Crippen LogP contribution in [0.15, 0.2) is 24.3 Å². The van der Waals surface area contributed by atoms with Crippen molar-refractivity contribution >= 4 is 17.5 Å². The summed E-state index contributed by atoms with van der Waals surface area (Å²) in [5.41, 5.74) is -1.09. The molecule has 0 radical (unpaired) electrons. The fourth-order valence-electron chi connectivity index (χ4n) is 3.61. The Labute approximate surface area is 137 Å². The number of rotatable bonds is 3. The summed E-state index contributed by atoms with van der Waals surface area (Å²) in [5, 5.41) is 5.20. The van der Waals surface area contributed by atoms with Gasteiger partial charge in [-0.2, -0.15) is 13.2 Å². The molecule has 8 heteroatoms. The molecule has 2 amide bonds. The van der Waals surface area contributed by atoms with E-state index in [0.29, 0.717) is 13.0 Å². The number of alkyl halides is 3. The van der Waals surface area contributed by atoms with E-state index in [1.165, 1.54) is 18.2 Å². The predicted octanol–water partition coefficient (Wildman–Crippen LogP) is 0.580. The largest absolute Gasteiger partial charge is 0.418 e. The standard InChI is InChI=1S/C16H18F3N3O2/c17-16(18,19)12-3-1-2-4-13(12)21-15(24)9-22-10-5-6-11(22)8-20-14(23)7-10/h1-4,10-11H,5-9H2,(H,20,23)(H,21,24)/p+1/t10-,11+/m0/s1. The van der Waals surface area contributed by atoms with Gasteiger partial charge in [-0.15, -0.1) is 0 Å². The van der Waals surface area contributed by atoms with E-state index in [-0.39, 0.29) is 30.2 Å². The van der Waals surface area contributed by atoms with Crippen LogP contribution < -0.4 is 15.5 Å². The van der Waals surface area contributed by atoms with Crippen molar-refractivity contribution in [2.24, 2.45) is 0 Å². The van der Waals surface area contributed by atoms with Gasteiger partial charge in [0.2, 0.25) is 5.91 Å². The zero-order valence-corrected chi connectivity index (χ0v) is 13.0. The quantitative estimate of drug-likeness (QED) is 0.753. The van der Waals surface area contributed by atoms with Gasteiger partial charge in [-0.05, 0) is 12.1 Å². The van der Waals surface area contributed by atoms with Crippen molar-refractivity contribution in [3.63, 3.8) is 0 Å². The minimum Gasteiger partial charge on any atom is -0.350 e. The van der Waals surface area contributed by atoms with Crippen molar-refractivity contribution < 1.29 is 27.7 Å². The highest BCUT2D eigenvalue weighted by Crippen LogP contribution is 2.34. The molecule has 2 saturated heterocycles. The molecule has 2 fully saturated rings. The van der Waals surface area contributed by atoms with Gasteiger partial charge >= 0.3 is 6.18 Å². The molecule has 3 N–H and O–H groups in total. The topological polar surface area (TPSA) is 62.6 Å². The summed E-state index contributed by atoms with van der Waals surface area (Å²) < 4.78 is 39.0. The second-order valence-corrected chi connectivity index (χ2v) is 6.32. The van der Waals surface area contributed by atoms with Gasteiger partial charge in [0, 0.05) is 12.8 Å². The third-order valence-electron chi connectivity index (χ3n) is 4.76. The Kier molecular flexibility index (Phi) is 4.49. The number of benzene rings is 1. The van der Waals surface area contributed by atoms with Crippen LogP contribution in [0.5, 0.6) is 0 Å². The lowest BCUT2D eigenvalue weighted by Gasteiger charge is -2.23. The molecule has 1 unspecified atom stereocenters. The molecule has 0 aromatic heterocycles. The molecular weight excluding hydrogens is 323 g/mol. The first kappa shape index (κ1) is 16.8. The number of hydrogen-bond donors (Lipinski definition) is 3. The normalized spacial score (nSPS) is 26.6. The summed E-state index contributed by atoms with van der Waals surface area (Å²) in [6.45, 7) is 0.577. The molecule has 0 saturated carbocycles. The van der Waals surface area contributed by atoms with Crippen LogP contribution in [0.4, 0.5) is 18.9 Å². The lowest BCUT2D eigenvalue weighted by Crippen LogP contribution is -3.18. The van der Waals surface area contributed by atoms with Crippen LogP contribution >= 0.6 is 0 Å². The summed E-state index contributed by atoms with van der Waals surface area (Å²) in [6.07, 6.45) is -2.39. The Morgan fingerprint density at radius 1 is 1.25 bits per heavy atom. The van der Waals surface area contributed by atoms with E-state index in [0.717, 1.165) is 23.8 Å². The minimum absolute atomic E-state index is 0.0254. The van der Waals surface area contributed by atoms with E-state index in [4.69, 9.17) is 0 Å².